The number of hydrogen-bond donors (Lipinski definition) is 0. The highest BCUT2D eigenvalue weighted by atomic mass is 16.6. The summed E-state index contributed by atoms with van der Waals surface area (Å²) in [5.74, 6) is 0.00254. The fraction of sp³-hybridized carbons (Fsp3) is 0.161. The van der Waals surface area contributed by atoms with E-state index in [1.807, 2.05) is 24.3 Å². The van der Waals surface area contributed by atoms with E-state index in [1.165, 1.54) is 27.8 Å². The van der Waals surface area contributed by atoms with Crippen LogP contribution in [0.2, 0.25) is 0 Å². The molecule has 5 rings (SSSR count). The molecule has 4 nitrogen and oxygen atoms in total. The van der Waals surface area contributed by atoms with Crippen LogP contribution in [0, 0.1) is 6.92 Å². The number of amides is 1. The predicted octanol–water partition coefficient (Wildman–Crippen LogP) is 6.81. The van der Waals surface area contributed by atoms with Crippen molar-refractivity contribution in [3.05, 3.63) is 125 Å². The van der Waals surface area contributed by atoms with Gasteiger partial charge < -0.3 is 4.74 Å². The summed E-state index contributed by atoms with van der Waals surface area (Å²) in [7, 11) is 0. The van der Waals surface area contributed by atoms with Gasteiger partial charge in [-0.2, -0.15) is 0 Å². The molecule has 0 atom stereocenters. The number of carbonyl (C=O) groups excluding carboxylic acids is 2. The standard InChI is InChI=1S/C31H27NO3/c1-22-10-12-23(13-11-22)18-19-32(25-16-14-24(20-33)15-17-25)31(34)35-21-30-28-8-4-2-6-26(28)27-7-3-5-9-29(27)30/h2-17,20,30H,18-19,21H2,1H3. The molecule has 0 bridgehead atoms. The monoisotopic (exact) mass is 461 g/mol. The van der Waals surface area contributed by atoms with Crippen molar-refractivity contribution in [2.24, 2.45) is 0 Å². The molecule has 174 valence electrons. The Morgan fingerprint density at radius 1 is 0.829 bits per heavy atom. The van der Waals surface area contributed by atoms with E-state index < -0.39 is 6.09 Å². The SMILES string of the molecule is Cc1ccc(CCN(C(=O)OCC2c3ccccc3-c3ccccc32)c2ccc(C=O)cc2)cc1. The number of rotatable bonds is 7. The van der Waals surface area contributed by atoms with Crippen molar-refractivity contribution in [1.82, 2.24) is 0 Å². The number of aryl methyl sites for hydroxylation is 1. The van der Waals surface area contributed by atoms with E-state index in [4.69, 9.17) is 4.74 Å². The smallest absolute Gasteiger partial charge is 0.414 e. The molecule has 1 amide bonds. The van der Waals surface area contributed by atoms with Gasteiger partial charge in [0.25, 0.3) is 0 Å². The number of fused-ring (bicyclic) bond motifs is 3. The maximum Gasteiger partial charge on any atom is 0.414 e. The average Bonchev–Trinajstić information content (AvgIpc) is 3.22. The van der Waals surface area contributed by atoms with Gasteiger partial charge in [-0.05, 0) is 65.4 Å². The van der Waals surface area contributed by atoms with Crippen LogP contribution in [0.15, 0.2) is 97.1 Å². The number of ether oxygens (including phenoxy) is 1. The highest BCUT2D eigenvalue weighted by Crippen LogP contribution is 2.44. The van der Waals surface area contributed by atoms with Crippen molar-refractivity contribution in [2.45, 2.75) is 19.3 Å². The summed E-state index contributed by atoms with van der Waals surface area (Å²) in [4.78, 5) is 26.1. The third-order valence-corrected chi connectivity index (χ3v) is 6.64. The van der Waals surface area contributed by atoms with Gasteiger partial charge >= 0.3 is 6.09 Å². The molecule has 0 saturated carbocycles. The van der Waals surface area contributed by atoms with Crippen LogP contribution in [0.3, 0.4) is 0 Å². The van der Waals surface area contributed by atoms with Crippen LogP contribution < -0.4 is 4.90 Å². The quantitative estimate of drug-likeness (QED) is 0.284. The maximum atomic E-state index is 13.4. The second-order valence-corrected chi connectivity index (χ2v) is 8.90. The highest BCUT2D eigenvalue weighted by Gasteiger charge is 2.30. The van der Waals surface area contributed by atoms with Crippen molar-refractivity contribution in [1.29, 1.82) is 0 Å². The second-order valence-electron chi connectivity index (χ2n) is 8.90. The van der Waals surface area contributed by atoms with Crippen LogP contribution in [0.1, 0.15) is 38.5 Å². The molecule has 1 aliphatic rings. The molecule has 0 unspecified atom stereocenters. The zero-order chi connectivity index (χ0) is 24.2. The van der Waals surface area contributed by atoms with E-state index in [1.54, 1.807) is 29.2 Å². The van der Waals surface area contributed by atoms with Crippen molar-refractivity contribution < 1.29 is 14.3 Å². The van der Waals surface area contributed by atoms with Gasteiger partial charge in [-0.25, -0.2) is 4.79 Å². The Kier molecular flexibility index (Phi) is 6.44. The minimum Gasteiger partial charge on any atom is -0.448 e. The molecule has 4 aromatic rings. The van der Waals surface area contributed by atoms with Crippen LogP contribution in [-0.2, 0) is 11.2 Å². The summed E-state index contributed by atoms with van der Waals surface area (Å²) >= 11 is 0. The first kappa shape index (κ1) is 22.6. The van der Waals surface area contributed by atoms with Gasteiger partial charge in [-0.3, -0.25) is 9.69 Å². The summed E-state index contributed by atoms with van der Waals surface area (Å²) < 4.78 is 5.94. The van der Waals surface area contributed by atoms with E-state index in [9.17, 15) is 9.59 Å². The summed E-state index contributed by atoms with van der Waals surface area (Å²) in [6.07, 6.45) is 1.10. The van der Waals surface area contributed by atoms with E-state index in [0.29, 0.717) is 24.2 Å². The van der Waals surface area contributed by atoms with Crippen LogP contribution in [0.5, 0.6) is 0 Å². The number of anilines is 1. The summed E-state index contributed by atoms with van der Waals surface area (Å²) in [6, 6.07) is 32.0. The van der Waals surface area contributed by atoms with Crippen molar-refractivity contribution >= 4 is 18.1 Å². The van der Waals surface area contributed by atoms with Gasteiger partial charge in [-0.15, -0.1) is 0 Å². The number of benzene rings is 4. The molecule has 0 saturated heterocycles. The van der Waals surface area contributed by atoms with Crippen molar-refractivity contribution in [3.8, 4) is 11.1 Å². The van der Waals surface area contributed by atoms with Crippen molar-refractivity contribution in [3.63, 3.8) is 0 Å². The number of carbonyl (C=O) groups is 2. The molecule has 0 aliphatic heterocycles. The molecule has 35 heavy (non-hydrogen) atoms. The second kappa shape index (κ2) is 9.98. The molecule has 4 heteroatoms. The van der Waals surface area contributed by atoms with Gasteiger partial charge in [0.05, 0.1) is 0 Å². The first-order valence-electron chi connectivity index (χ1n) is 11.9. The largest absolute Gasteiger partial charge is 0.448 e. The van der Waals surface area contributed by atoms with E-state index in [-0.39, 0.29) is 12.5 Å². The molecule has 4 aromatic carbocycles. The minimum atomic E-state index is -0.391. The van der Waals surface area contributed by atoms with Gasteiger partial charge in [-0.1, -0.05) is 78.4 Å². The molecule has 0 aromatic heterocycles. The van der Waals surface area contributed by atoms with E-state index in [2.05, 4.69) is 55.5 Å². The lowest BCUT2D eigenvalue weighted by Crippen LogP contribution is -2.34. The fourth-order valence-corrected chi connectivity index (χ4v) is 4.73. The molecule has 0 heterocycles. The van der Waals surface area contributed by atoms with Crippen LogP contribution in [0.25, 0.3) is 11.1 Å². The van der Waals surface area contributed by atoms with Crippen LogP contribution in [0.4, 0.5) is 10.5 Å². The predicted molar refractivity (Wildman–Crippen MR) is 139 cm³/mol. The Labute approximate surface area is 205 Å². The topological polar surface area (TPSA) is 46.6 Å². The summed E-state index contributed by atoms with van der Waals surface area (Å²) in [6.45, 7) is 2.79. The molecule has 0 fully saturated rings. The zero-order valence-corrected chi connectivity index (χ0v) is 19.7. The number of hydrogen-bond acceptors (Lipinski definition) is 3. The van der Waals surface area contributed by atoms with Crippen molar-refractivity contribution in [2.75, 3.05) is 18.1 Å². The molecule has 0 radical (unpaired) electrons. The van der Waals surface area contributed by atoms with Crippen LogP contribution >= 0.6 is 0 Å². The molecule has 0 spiro atoms. The lowest BCUT2D eigenvalue weighted by Gasteiger charge is -2.24. The lowest BCUT2D eigenvalue weighted by molar-refractivity contribution is 0.112. The first-order chi connectivity index (χ1) is 17.1. The Balaban J connectivity index is 1.36. The molecule has 1 aliphatic carbocycles. The lowest BCUT2D eigenvalue weighted by atomic mass is 9.98. The van der Waals surface area contributed by atoms with Gasteiger partial charge in [0.2, 0.25) is 0 Å². The molecular weight excluding hydrogens is 434 g/mol. The van der Waals surface area contributed by atoms with Gasteiger partial charge in [0.1, 0.15) is 12.9 Å². The number of nitrogens with zero attached hydrogens (tertiary/aromatic N) is 1. The van der Waals surface area contributed by atoms with E-state index >= 15 is 0 Å². The normalized spacial score (nSPS) is 12.0. The van der Waals surface area contributed by atoms with Gasteiger partial charge in [0.15, 0.2) is 0 Å². The Hall–Kier alpha value is -4.18. The summed E-state index contributed by atoms with van der Waals surface area (Å²) in [5.41, 5.74) is 8.39. The van der Waals surface area contributed by atoms with Crippen LogP contribution in [-0.4, -0.2) is 25.5 Å². The maximum absolute atomic E-state index is 13.4. The third-order valence-electron chi connectivity index (χ3n) is 6.64. The van der Waals surface area contributed by atoms with Gasteiger partial charge in [0, 0.05) is 23.7 Å². The Bertz CT molecular complexity index is 1300. The average molecular weight is 462 g/mol. The minimum absolute atomic E-state index is 0.00254. The molecule has 0 N–H and O–H groups in total. The molecular formula is C31H27NO3. The highest BCUT2D eigenvalue weighted by molar-refractivity contribution is 5.88. The number of aldehydes is 1. The fourth-order valence-electron chi connectivity index (χ4n) is 4.73. The zero-order valence-electron chi connectivity index (χ0n) is 19.7. The summed E-state index contributed by atoms with van der Waals surface area (Å²) in [5, 5.41) is 0. The first-order valence-corrected chi connectivity index (χ1v) is 11.9. The third kappa shape index (κ3) is 4.73. The Morgan fingerprint density at radius 2 is 1.43 bits per heavy atom. The van der Waals surface area contributed by atoms with E-state index in [0.717, 1.165) is 11.8 Å². The Morgan fingerprint density at radius 3 is 2.03 bits per heavy atom.